The van der Waals surface area contributed by atoms with Crippen molar-refractivity contribution < 1.29 is 37.3 Å². The molecule has 2 aromatic carbocycles. The number of halogens is 3. The third-order valence-electron chi connectivity index (χ3n) is 4.30. The van der Waals surface area contributed by atoms with Crippen LogP contribution >= 0.6 is 0 Å². The fourth-order valence-electron chi connectivity index (χ4n) is 3.09. The van der Waals surface area contributed by atoms with E-state index in [1.54, 1.807) is 18.2 Å². The van der Waals surface area contributed by atoms with Crippen LogP contribution in [0.3, 0.4) is 0 Å². The fourth-order valence-corrected chi connectivity index (χ4v) is 3.09. The molecule has 0 radical (unpaired) electrons. The summed E-state index contributed by atoms with van der Waals surface area (Å²) in [6.45, 7) is 0.102. The van der Waals surface area contributed by atoms with Crippen molar-refractivity contribution in [2.45, 2.75) is 32.0 Å². The second-order valence-corrected chi connectivity index (χ2v) is 6.35. The van der Waals surface area contributed by atoms with Gasteiger partial charge in [0.1, 0.15) is 11.5 Å². The van der Waals surface area contributed by atoms with Gasteiger partial charge in [0.15, 0.2) is 5.78 Å². The van der Waals surface area contributed by atoms with Gasteiger partial charge in [-0.05, 0) is 48.2 Å². The average molecular weight is 394 g/mol. The number of Topliss-reactive ketones (excluding diaryl/α,β-unsaturated/α-hetero) is 1. The number of carboxylic acids is 1. The van der Waals surface area contributed by atoms with Gasteiger partial charge in [0.2, 0.25) is 0 Å². The minimum absolute atomic E-state index is 0.0221. The zero-order valence-electron chi connectivity index (χ0n) is 14.7. The summed E-state index contributed by atoms with van der Waals surface area (Å²) in [5.41, 5.74) is 2.30. The summed E-state index contributed by atoms with van der Waals surface area (Å²) < 4.78 is 47.2. The summed E-state index contributed by atoms with van der Waals surface area (Å²) in [5, 5.41) is 8.72. The Hall–Kier alpha value is -3.03. The standard InChI is InChI=1S/C20H17F3O5/c21-20(22,23)28-14-4-1-3-12(9-14)16-10-13-6-7-17(24)15(13)11-18(16)27-8-2-5-19(25)26/h1,3-4,9-11H,2,5-8H2,(H,25,26). The highest BCUT2D eigenvalue weighted by Gasteiger charge is 2.31. The minimum atomic E-state index is -4.81. The normalized spacial score (nSPS) is 13.3. The van der Waals surface area contributed by atoms with E-state index in [9.17, 15) is 22.8 Å². The molecule has 0 aliphatic heterocycles. The third kappa shape index (κ3) is 4.82. The van der Waals surface area contributed by atoms with Crippen LogP contribution in [0.4, 0.5) is 13.2 Å². The van der Waals surface area contributed by atoms with Gasteiger partial charge in [-0.25, -0.2) is 0 Å². The van der Waals surface area contributed by atoms with Gasteiger partial charge < -0.3 is 14.6 Å². The zero-order chi connectivity index (χ0) is 20.3. The van der Waals surface area contributed by atoms with E-state index in [1.807, 2.05) is 0 Å². The van der Waals surface area contributed by atoms with Gasteiger partial charge in [0.25, 0.3) is 0 Å². The number of ketones is 1. The largest absolute Gasteiger partial charge is 0.573 e. The van der Waals surface area contributed by atoms with Crippen LogP contribution in [0.2, 0.25) is 0 Å². The van der Waals surface area contributed by atoms with Crippen LogP contribution in [0.5, 0.6) is 11.5 Å². The number of fused-ring (bicyclic) bond motifs is 1. The highest BCUT2D eigenvalue weighted by molar-refractivity contribution is 6.01. The predicted molar refractivity (Wildman–Crippen MR) is 93.6 cm³/mol. The summed E-state index contributed by atoms with van der Waals surface area (Å²) >= 11 is 0. The summed E-state index contributed by atoms with van der Waals surface area (Å²) in [6.07, 6.45) is -3.70. The number of carbonyl (C=O) groups is 2. The molecular formula is C20H17F3O5. The monoisotopic (exact) mass is 394 g/mol. The molecule has 8 heteroatoms. The summed E-state index contributed by atoms with van der Waals surface area (Å²) in [7, 11) is 0. The Balaban J connectivity index is 1.93. The number of aliphatic carboxylic acids is 1. The number of aryl methyl sites for hydroxylation is 1. The molecule has 5 nitrogen and oxygen atoms in total. The van der Waals surface area contributed by atoms with Crippen LogP contribution in [0.1, 0.15) is 35.2 Å². The zero-order valence-corrected chi connectivity index (χ0v) is 14.7. The van der Waals surface area contributed by atoms with Gasteiger partial charge in [-0.2, -0.15) is 0 Å². The van der Waals surface area contributed by atoms with Crippen molar-refractivity contribution >= 4 is 11.8 Å². The van der Waals surface area contributed by atoms with E-state index in [4.69, 9.17) is 9.84 Å². The number of carboxylic acid groups (broad SMARTS) is 1. The van der Waals surface area contributed by atoms with Crippen molar-refractivity contribution in [3.63, 3.8) is 0 Å². The van der Waals surface area contributed by atoms with Gasteiger partial charge in [-0.3, -0.25) is 9.59 Å². The molecule has 0 unspecified atom stereocenters. The average Bonchev–Trinajstić information content (AvgIpc) is 2.97. The van der Waals surface area contributed by atoms with Gasteiger partial charge in [0, 0.05) is 24.0 Å². The van der Waals surface area contributed by atoms with Crippen molar-refractivity contribution in [3.8, 4) is 22.6 Å². The first kappa shape index (κ1) is 19.7. The van der Waals surface area contributed by atoms with E-state index >= 15 is 0 Å². The van der Waals surface area contributed by atoms with Crippen molar-refractivity contribution in [1.82, 2.24) is 0 Å². The summed E-state index contributed by atoms with van der Waals surface area (Å²) in [4.78, 5) is 22.7. The molecule has 148 valence electrons. The van der Waals surface area contributed by atoms with Gasteiger partial charge in [0.05, 0.1) is 6.61 Å². The Labute approximate surface area is 158 Å². The number of rotatable bonds is 7. The maximum Gasteiger partial charge on any atom is 0.573 e. The van der Waals surface area contributed by atoms with E-state index in [2.05, 4.69) is 4.74 Å². The Morgan fingerprint density at radius 3 is 2.61 bits per heavy atom. The third-order valence-corrected chi connectivity index (χ3v) is 4.30. The highest BCUT2D eigenvalue weighted by atomic mass is 19.4. The molecule has 0 spiro atoms. The number of carbonyl (C=O) groups excluding carboxylic acids is 1. The van der Waals surface area contributed by atoms with Crippen LogP contribution in [-0.2, 0) is 11.2 Å². The molecule has 3 rings (SSSR count). The molecule has 1 N–H and O–H groups in total. The second kappa shape index (κ2) is 7.92. The molecule has 28 heavy (non-hydrogen) atoms. The van der Waals surface area contributed by atoms with Crippen LogP contribution < -0.4 is 9.47 Å². The van der Waals surface area contributed by atoms with E-state index in [0.717, 1.165) is 5.56 Å². The van der Waals surface area contributed by atoms with Crippen LogP contribution in [-0.4, -0.2) is 29.8 Å². The lowest BCUT2D eigenvalue weighted by Gasteiger charge is -2.15. The lowest BCUT2D eigenvalue weighted by atomic mass is 9.99. The van der Waals surface area contributed by atoms with Gasteiger partial charge >= 0.3 is 12.3 Å². The molecule has 0 saturated carbocycles. The lowest BCUT2D eigenvalue weighted by molar-refractivity contribution is -0.274. The molecule has 2 aromatic rings. The molecule has 0 bridgehead atoms. The molecule has 0 saturated heterocycles. The number of benzene rings is 2. The van der Waals surface area contributed by atoms with Gasteiger partial charge in [-0.15, -0.1) is 13.2 Å². The van der Waals surface area contributed by atoms with E-state index < -0.39 is 12.3 Å². The first-order valence-corrected chi connectivity index (χ1v) is 8.64. The van der Waals surface area contributed by atoms with Crippen molar-refractivity contribution in [2.24, 2.45) is 0 Å². The second-order valence-electron chi connectivity index (χ2n) is 6.35. The molecule has 1 aliphatic carbocycles. The number of ether oxygens (including phenoxy) is 2. The van der Waals surface area contributed by atoms with E-state index in [0.29, 0.717) is 35.3 Å². The van der Waals surface area contributed by atoms with Gasteiger partial charge in [-0.1, -0.05) is 12.1 Å². The molecule has 0 fully saturated rings. The highest BCUT2D eigenvalue weighted by Crippen LogP contribution is 2.38. The van der Waals surface area contributed by atoms with Crippen LogP contribution in [0.15, 0.2) is 36.4 Å². The SMILES string of the molecule is O=C(O)CCCOc1cc2c(cc1-c1cccc(OC(F)(F)F)c1)CCC2=O. The first-order valence-electron chi connectivity index (χ1n) is 8.64. The Bertz CT molecular complexity index is 905. The van der Waals surface area contributed by atoms with Crippen LogP contribution in [0.25, 0.3) is 11.1 Å². The lowest BCUT2D eigenvalue weighted by Crippen LogP contribution is -2.17. The number of hydrogen-bond acceptors (Lipinski definition) is 4. The minimum Gasteiger partial charge on any atom is -0.493 e. The Morgan fingerprint density at radius 1 is 1.11 bits per heavy atom. The molecule has 0 heterocycles. The number of alkyl halides is 3. The quantitative estimate of drug-likeness (QED) is 0.694. The maximum absolute atomic E-state index is 12.5. The number of hydrogen-bond donors (Lipinski definition) is 1. The molecular weight excluding hydrogens is 377 g/mol. The van der Waals surface area contributed by atoms with E-state index in [1.165, 1.54) is 18.2 Å². The molecule has 0 atom stereocenters. The summed E-state index contributed by atoms with van der Waals surface area (Å²) in [6, 6.07) is 8.81. The molecule has 1 aliphatic rings. The maximum atomic E-state index is 12.5. The molecule has 0 amide bonds. The van der Waals surface area contributed by atoms with Crippen molar-refractivity contribution in [3.05, 3.63) is 47.5 Å². The Morgan fingerprint density at radius 2 is 1.89 bits per heavy atom. The van der Waals surface area contributed by atoms with E-state index in [-0.39, 0.29) is 31.0 Å². The van der Waals surface area contributed by atoms with Crippen LogP contribution in [0, 0.1) is 0 Å². The molecule has 0 aromatic heterocycles. The Kier molecular flexibility index (Phi) is 5.58. The topological polar surface area (TPSA) is 72.8 Å². The first-order chi connectivity index (χ1) is 13.2. The summed E-state index contributed by atoms with van der Waals surface area (Å²) in [5.74, 6) is -1.02. The smallest absolute Gasteiger partial charge is 0.493 e. The predicted octanol–water partition coefficient (Wildman–Crippen LogP) is 4.62. The fraction of sp³-hybridized carbons (Fsp3) is 0.300. The van der Waals surface area contributed by atoms with Crippen molar-refractivity contribution in [2.75, 3.05) is 6.61 Å². The van der Waals surface area contributed by atoms with Crippen molar-refractivity contribution in [1.29, 1.82) is 0 Å².